The van der Waals surface area contributed by atoms with Gasteiger partial charge in [0.2, 0.25) is 0 Å². The number of hydrogen-bond acceptors (Lipinski definition) is 1. The van der Waals surface area contributed by atoms with Crippen LogP contribution >= 0.6 is 0 Å². The van der Waals surface area contributed by atoms with Gasteiger partial charge in [0, 0.05) is 36.5 Å². The Balaban J connectivity index is 2.26. The summed E-state index contributed by atoms with van der Waals surface area (Å²) >= 11 is 0. The van der Waals surface area contributed by atoms with Gasteiger partial charge in [-0.25, -0.2) is 8.78 Å². The van der Waals surface area contributed by atoms with E-state index in [2.05, 4.69) is 5.32 Å². The van der Waals surface area contributed by atoms with E-state index in [4.69, 9.17) is 0 Å². The summed E-state index contributed by atoms with van der Waals surface area (Å²) in [6.45, 7) is 5.68. The monoisotopic (exact) mass is 306 g/mol. The van der Waals surface area contributed by atoms with Crippen LogP contribution in [0.1, 0.15) is 42.4 Å². The summed E-state index contributed by atoms with van der Waals surface area (Å²) in [5.41, 5.74) is 0.809. The summed E-state index contributed by atoms with van der Waals surface area (Å²) in [4.78, 5) is 12.1. The minimum absolute atomic E-state index is 0.00600. The van der Waals surface area contributed by atoms with Gasteiger partial charge in [0.15, 0.2) is 0 Å². The number of rotatable bonds is 3. The highest BCUT2D eigenvalue weighted by molar-refractivity contribution is 5.94. The summed E-state index contributed by atoms with van der Waals surface area (Å²) in [5.74, 6) is -1.37. The van der Waals surface area contributed by atoms with E-state index in [1.807, 2.05) is 20.8 Å². The van der Waals surface area contributed by atoms with E-state index in [9.17, 15) is 13.6 Å². The van der Waals surface area contributed by atoms with Gasteiger partial charge in [0.05, 0.1) is 5.56 Å². The highest BCUT2D eigenvalue weighted by atomic mass is 19.1. The standard InChI is InChI=1S/C17H20F2N2O/c1-17(2,3)20-16(22)11-8-12(21(4)10-11)9-13-14(18)6-5-7-15(13)19/h5-8,10H,9H2,1-4H3,(H,20,22). The minimum atomic E-state index is -0.582. The molecule has 118 valence electrons. The zero-order valence-electron chi connectivity index (χ0n) is 13.2. The van der Waals surface area contributed by atoms with E-state index in [1.165, 1.54) is 18.2 Å². The molecule has 3 nitrogen and oxygen atoms in total. The Morgan fingerprint density at radius 2 is 1.82 bits per heavy atom. The van der Waals surface area contributed by atoms with Crippen molar-refractivity contribution in [3.05, 3.63) is 58.9 Å². The number of benzene rings is 1. The fourth-order valence-electron chi connectivity index (χ4n) is 2.21. The van der Waals surface area contributed by atoms with Crippen LogP contribution in [-0.4, -0.2) is 16.0 Å². The maximum atomic E-state index is 13.7. The smallest absolute Gasteiger partial charge is 0.253 e. The van der Waals surface area contributed by atoms with Crippen LogP contribution in [0.5, 0.6) is 0 Å². The molecule has 0 radical (unpaired) electrons. The molecule has 0 saturated carbocycles. The SMILES string of the molecule is Cn1cc(C(=O)NC(C)(C)C)cc1Cc1c(F)cccc1F. The molecule has 0 fully saturated rings. The lowest BCUT2D eigenvalue weighted by molar-refractivity contribution is 0.0919. The van der Waals surface area contributed by atoms with Gasteiger partial charge in [-0.1, -0.05) is 6.07 Å². The summed E-state index contributed by atoms with van der Waals surface area (Å²) in [7, 11) is 1.75. The van der Waals surface area contributed by atoms with Crippen molar-refractivity contribution in [2.75, 3.05) is 0 Å². The molecular formula is C17H20F2N2O. The molecule has 1 N–H and O–H groups in total. The number of nitrogens with zero attached hydrogens (tertiary/aromatic N) is 1. The maximum absolute atomic E-state index is 13.7. The molecule has 0 aliphatic heterocycles. The van der Waals surface area contributed by atoms with Crippen LogP contribution in [0.4, 0.5) is 8.78 Å². The summed E-state index contributed by atoms with van der Waals surface area (Å²) in [5, 5.41) is 2.86. The lowest BCUT2D eigenvalue weighted by Gasteiger charge is -2.19. The van der Waals surface area contributed by atoms with Crippen LogP contribution < -0.4 is 5.32 Å². The van der Waals surface area contributed by atoms with Gasteiger partial charge in [-0.15, -0.1) is 0 Å². The Kier molecular flexibility index (Phi) is 4.35. The Bertz CT molecular complexity index is 679. The van der Waals surface area contributed by atoms with Crippen LogP contribution in [0.15, 0.2) is 30.5 Å². The number of amides is 1. The second kappa shape index (κ2) is 5.91. The number of carbonyl (C=O) groups excluding carboxylic acids is 1. The van der Waals surface area contributed by atoms with Gasteiger partial charge < -0.3 is 9.88 Å². The molecule has 1 aromatic carbocycles. The first-order valence-corrected chi connectivity index (χ1v) is 7.08. The number of aryl methyl sites for hydroxylation is 1. The largest absolute Gasteiger partial charge is 0.353 e. The zero-order valence-corrected chi connectivity index (χ0v) is 13.2. The molecule has 22 heavy (non-hydrogen) atoms. The normalized spacial score (nSPS) is 11.5. The average Bonchev–Trinajstić information content (AvgIpc) is 2.74. The molecule has 0 aliphatic rings. The van der Waals surface area contributed by atoms with E-state index in [1.54, 1.807) is 23.9 Å². The lowest BCUT2D eigenvalue weighted by atomic mass is 10.1. The molecule has 1 heterocycles. The van der Waals surface area contributed by atoms with Gasteiger partial charge in [0.25, 0.3) is 5.91 Å². The number of carbonyl (C=O) groups is 1. The molecule has 5 heteroatoms. The van der Waals surface area contributed by atoms with Crippen LogP contribution in [0.3, 0.4) is 0 Å². The molecule has 1 amide bonds. The summed E-state index contributed by atoms with van der Waals surface area (Å²) < 4.78 is 29.2. The first-order chi connectivity index (χ1) is 10.2. The van der Waals surface area contributed by atoms with E-state index >= 15 is 0 Å². The minimum Gasteiger partial charge on any atom is -0.353 e. The van der Waals surface area contributed by atoms with Crippen molar-refractivity contribution in [3.63, 3.8) is 0 Å². The Morgan fingerprint density at radius 3 is 2.36 bits per heavy atom. The molecular weight excluding hydrogens is 286 g/mol. The second-order valence-corrected chi connectivity index (χ2v) is 6.41. The summed E-state index contributed by atoms with van der Waals surface area (Å²) in [6.07, 6.45) is 1.76. The molecule has 1 aromatic heterocycles. The third kappa shape index (κ3) is 3.72. The van der Waals surface area contributed by atoms with Crippen molar-refractivity contribution in [2.24, 2.45) is 7.05 Å². The topological polar surface area (TPSA) is 34.0 Å². The quantitative estimate of drug-likeness (QED) is 0.926. The Labute approximate surface area is 129 Å². The lowest BCUT2D eigenvalue weighted by Crippen LogP contribution is -2.40. The van der Waals surface area contributed by atoms with Gasteiger partial charge >= 0.3 is 0 Å². The fraction of sp³-hybridized carbons (Fsp3) is 0.353. The van der Waals surface area contributed by atoms with Gasteiger partial charge in [-0.2, -0.15) is 0 Å². The van der Waals surface area contributed by atoms with Crippen molar-refractivity contribution in [3.8, 4) is 0 Å². The van der Waals surface area contributed by atoms with Crippen LogP contribution in [0.2, 0.25) is 0 Å². The Morgan fingerprint density at radius 1 is 1.23 bits per heavy atom. The predicted molar refractivity (Wildman–Crippen MR) is 81.8 cm³/mol. The third-order valence-electron chi connectivity index (χ3n) is 3.28. The molecule has 0 spiro atoms. The first-order valence-electron chi connectivity index (χ1n) is 7.08. The highest BCUT2D eigenvalue weighted by Gasteiger charge is 2.18. The number of nitrogens with one attached hydrogen (secondary N) is 1. The van der Waals surface area contributed by atoms with Crippen molar-refractivity contribution < 1.29 is 13.6 Å². The van der Waals surface area contributed by atoms with Crippen molar-refractivity contribution in [1.29, 1.82) is 0 Å². The zero-order chi connectivity index (χ0) is 16.5. The number of hydrogen-bond donors (Lipinski definition) is 1. The number of halogens is 2. The Hall–Kier alpha value is -2.17. The van der Waals surface area contributed by atoms with Gasteiger partial charge in [-0.3, -0.25) is 4.79 Å². The molecule has 0 aliphatic carbocycles. The van der Waals surface area contributed by atoms with Crippen LogP contribution in [-0.2, 0) is 13.5 Å². The first kappa shape index (κ1) is 16.2. The van der Waals surface area contributed by atoms with Crippen LogP contribution in [0.25, 0.3) is 0 Å². The van der Waals surface area contributed by atoms with E-state index < -0.39 is 11.6 Å². The maximum Gasteiger partial charge on any atom is 0.253 e. The average molecular weight is 306 g/mol. The van der Waals surface area contributed by atoms with Crippen molar-refractivity contribution >= 4 is 5.91 Å². The molecule has 0 bridgehead atoms. The molecule has 2 rings (SSSR count). The van der Waals surface area contributed by atoms with Crippen molar-refractivity contribution in [2.45, 2.75) is 32.7 Å². The van der Waals surface area contributed by atoms with E-state index in [-0.39, 0.29) is 23.4 Å². The highest BCUT2D eigenvalue weighted by Crippen LogP contribution is 2.18. The fourth-order valence-corrected chi connectivity index (χ4v) is 2.21. The third-order valence-corrected chi connectivity index (χ3v) is 3.28. The molecule has 0 atom stereocenters. The van der Waals surface area contributed by atoms with E-state index in [0.29, 0.717) is 11.3 Å². The second-order valence-electron chi connectivity index (χ2n) is 6.41. The van der Waals surface area contributed by atoms with Crippen LogP contribution in [0, 0.1) is 11.6 Å². The van der Waals surface area contributed by atoms with Gasteiger partial charge in [-0.05, 0) is 39.0 Å². The van der Waals surface area contributed by atoms with E-state index in [0.717, 1.165) is 0 Å². The predicted octanol–water partition coefficient (Wildman–Crippen LogP) is 3.42. The molecule has 0 saturated heterocycles. The van der Waals surface area contributed by atoms with Crippen molar-refractivity contribution in [1.82, 2.24) is 9.88 Å². The molecule has 0 unspecified atom stereocenters. The molecule has 2 aromatic rings. The number of aromatic nitrogens is 1. The van der Waals surface area contributed by atoms with Gasteiger partial charge in [0.1, 0.15) is 11.6 Å². The summed E-state index contributed by atoms with van der Waals surface area (Å²) in [6, 6.07) is 5.46.